The summed E-state index contributed by atoms with van der Waals surface area (Å²) in [5.74, 6) is 0.0168. The van der Waals surface area contributed by atoms with E-state index < -0.39 is 0 Å². The van der Waals surface area contributed by atoms with Crippen molar-refractivity contribution in [3.63, 3.8) is 0 Å². The van der Waals surface area contributed by atoms with E-state index in [0.717, 1.165) is 30.5 Å². The lowest BCUT2D eigenvalue weighted by atomic mass is 9.93. The van der Waals surface area contributed by atoms with Crippen LogP contribution in [0.5, 0.6) is 0 Å². The van der Waals surface area contributed by atoms with Crippen molar-refractivity contribution in [1.82, 2.24) is 0 Å². The van der Waals surface area contributed by atoms with E-state index in [1.165, 1.54) is 11.3 Å². The third-order valence-electron chi connectivity index (χ3n) is 4.44. The molecule has 4 nitrogen and oxygen atoms in total. The molecule has 3 rings (SSSR count). The van der Waals surface area contributed by atoms with Gasteiger partial charge in [0.15, 0.2) is 0 Å². The van der Waals surface area contributed by atoms with E-state index in [1.54, 1.807) is 0 Å². The predicted octanol–water partition coefficient (Wildman–Crippen LogP) is 3.39. The molecule has 1 atom stereocenters. The monoisotopic (exact) mass is 309 g/mol. The van der Waals surface area contributed by atoms with E-state index in [-0.39, 0.29) is 11.8 Å². The highest BCUT2D eigenvalue weighted by atomic mass is 16.2. The van der Waals surface area contributed by atoms with Crippen molar-refractivity contribution in [2.24, 2.45) is 0 Å². The maximum absolute atomic E-state index is 12.1. The summed E-state index contributed by atoms with van der Waals surface area (Å²) in [5.41, 5.74) is 11.0. The van der Waals surface area contributed by atoms with Gasteiger partial charge in [-0.1, -0.05) is 12.1 Å². The molecule has 0 saturated heterocycles. The summed E-state index contributed by atoms with van der Waals surface area (Å²) in [5, 5.41) is 2.94. The summed E-state index contributed by atoms with van der Waals surface area (Å²) >= 11 is 0. The Balaban J connectivity index is 1.61. The van der Waals surface area contributed by atoms with Gasteiger partial charge in [-0.3, -0.25) is 4.79 Å². The van der Waals surface area contributed by atoms with Crippen molar-refractivity contribution in [3.8, 4) is 0 Å². The Bertz CT molecular complexity index is 707. The van der Waals surface area contributed by atoms with Crippen molar-refractivity contribution < 1.29 is 4.79 Å². The molecule has 0 spiro atoms. The number of nitrogen functional groups attached to an aromatic ring is 1. The number of carbonyl (C=O) groups is 1. The maximum Gasteiger partial charge on any atom is 0.232 e. The molecule has 1 aliphatic rings. The molecule has 0 bridgehead atoms. The number of fused-ring (bicyclic) bond motifs is 1. The fourth-order valence-electron chi connectivity index (χ4n) is 3.10. The van der Waals surface area contributed by atoms with Crippen molar-refractivity contribution in [2.45, 2.75) is 25.2 Å². The lowest BCUT2D eigenvalue weighted by molar-refractivity contribution is -0.117. The highest BCUT2D eigenvalue weighted by Crippen LogP contribution is 2.36. The second kappa shape index (κ2) is 6.32. The summed E-state index contributed by atoms with van der Waals surface area (Å²) in [6.45, 7) is 0. The van der Waals surface area contributed by atoms with Gasteiger partial charge >= 0.3 is 0 Å². The smallest absolute Gasteiger partial charge is 0.232 e. The molecular weight excluding hydrogens is 286 g/mol. The van der Waals surface area contributed by atoms with Crippen LogP contribution in [-0.4, -0.2) is 20.0 Å². The number of benzene rings is 2. The minimum atomic E-state index is -0.0745. The highest BCUT2D eigenvalue weighted by molar-refractivity contribution is 6.03. The Labute approximate surface area is 137 Å². The number of rotatable bonds is 5. The van der Waals surface area contributed by atoms with Crippen molar-refractivity contribution >= 4 is 23.0 Å². The minimum absolute atomic E-state index is 0.0745. The van der Waals surface area contributed by atoms with Crippen LogP contribution in [0.3, 0.4) is 0 Å². The molecule has 0 fully saturated rings. The van der Waals surface area contributed by atoms with Gasteiger partial charge < -0.3 is 16.0 Å². The Kier molecular flexibility index (Phi) is 4.24. The Hall–Kier alpha value is -2.49. The van der Waals surface area contributed by atoms with Gasteiger partial charge in [0, 0.05) is 31.2 Å². The molecule has 120 valence electrons. The van der Waals surface area contributed by atoms with E-state index in [4.69, 9.17) is 5.73 Å². The normalized spacial score (nSPS) is 16.1. The van der Waals surface area contributed by atoms with Gasteiger partial charge in [0.2, 0.25) is 5.91 Å². The molecule has 2 aromatic rings. The molecule has 1 amide bonds. The summed E-state index contributed by atoms with van der Waals surface area (Å²) in [6, 6.07) is 14.2. The second-order valence-corrected chi connectivity index (χ2v) is 6.34. The molecule has 0 aliphatic carbocycles. The van der Waals surface area contributed by atoms with Gasteiger partial charge in [0.05, 0.1) is 5.92 Å². The van der Waals surface area contributed by atoms with E-state index in [0.29, 0.717) is 5.69 Å². The van der Waals surface area contributed by atoms with Gasteiger partial charge in [-0.05, 0) is 60.7 Å². The molecule has 3 N–H and O–H groups in total. The number of hydrogen-bond acceptors (Lipinski definition) is 3. The average Bonchev–Trinajstić information content (AvgIpc) is 2.83. The van der Waals surface area contributed by atoms with E-state index in [9.17, 15) is 4.79 Å². The van der Waals surface area contributed by atoms with Gasteiger partial charge in [0.25, 0.3) is 0 Å². The molecule has 0 radical (unpaired) electrons. The number of amides is 1. The number of carbonyl (C=O) groups excluding carboxylic acids is 1. The first-order chi connectivity index (χ1) is 11.0. The van der Waals surface area contributed by atoms with Crippen molar-refractivity contribution in [1.29, 1.82) is 0 Å². The third kappa shape index (κ3) is 3.31. The van der Waals surface area contributed by atoms with Gasteiger partial charge in [-0.25, -0.2) is 0 Å². The topological polar surface area (TPSA) is 58.4 Å². The molecular formula is C19H23N3O. The van der Waals surface area contributed by atoms with E-state index >= 15 is 0 Å². The van der Waals surface area contributed by atoms with Crippen molar-refractivity contribution in [3.05, 3.63) is 53.6 Å². The first-order valence-electron chi connectivity index (χ1n) is 8.01. The summed E-state index contributed by atoms with van der Waals surface area (Å²) in [4.78, 5) is 14.2. The zero-order chi connectivity index (χ0) is 16.4. The molecule has 4 heteroatoms. The van der Waals surface area contributed by atoms with Gasteiger partial charge in [0.1, 0.15) is 0 Å². The number of nitrogens with two attached hydrogens (primary N) is 1. The third-order valence-corrected chi connectivity index (χ3v) is 4.44. The number of nitrogens with zero attached hydrogens (tertiary/aromatic N) is 1. The van der Waals surface area contributed by atoms with Crippen molar-refractivity contribution in [2.75, 3.05) is 30.0 Å². The molecule has 1 unspecified atom stereocenters. The number of anilines is 3. The standard InChI is InChI=1S/C19H23N3O/c1-22(2)15-9-6-13(7-10-15)4-3-5-16-17-12-14(20)8-11-18(17)21-19(16)23/h6-12,16H,3-5,20H2,1-2H3,(H,21,23). The van der Waals surface area contributed by atoms with Crippen LogP contribution >= 0.6 is 0 Å². The number of nitrogens with one attached hydrogen (secondary N) is 1. The molecule has 0 saturated carbocycles. The summed E-state index contributed by atoms with van der Waals surface area (Å²) in [6.07, 6.45) is 2.81. The van der Waals surface area contributed by atoms with Gasteiger partial charge in [-0.2, -0.15) is 0 Å². The molecule has 23 heavy (non-hydrogen) atoms. The van der Waals surface area contributed by atoms with E-state index in [2.05, 4.69) is 34.5 Å². The average molecular weight is 309 g/mol. The van der Waals surface area contributed by atoms with Crippen LogP contribution in [0.15, 0.2) is 42.5 Å². The fourth-order valence-corrected chi connectivity index (χ4v) is 3.10. The highest BCUT2D eigenvalue weighted by Gasteiger charge is 2.29. The zero-order valence-electron chi connectivity index (χ0n) is 13.7. The Morgan fingerprint density at radius 3 is 2.57 bits per heavy atom. The molecule has 2 aromatic carbocycles. The predicted molar refractivity (Wildman–Crippen MR) is 95.9 cm³/mol. The Morgan fingerprint density at radius 1 is 1.13 bits per heavy atom. The maximum atomic E-state index is 12.1. The molecule has 1 aliphatic heterocycles. The van der Waals surface area contributed by atoms with Crippen LogP contribution in [0.1, 0.15) is 29.9 Å². The number of aryl methyl sites for hydroxylation is 1. The van der Waals surface area contributed by atoms with Crippen LogP contribution in [-0.2, 0) is 11.2 Å². The van der Waals surface area contributed by atoms with Crippen LogP contribution in [0.4, 0.5) is 17.1 Å². The first-order valence-corrected chi connectivity index (χ1v) is 8.01. The number of hydrogen-bond donors (Lipinski definition) is 2. The second-order valence-electron chi connectivity index (χ2n) is 6.34. The first kappa shape index (κ1) is 15.4. The largest absolute Gasteiger partial charge is 0.399 e. The van der Waals surface area contributed by atoms with E-state index in [1.807, 2.05) is 32.3 Å². The van der Waals surface area contributed by atoms with Crippen LogP contribution < -0.4 is 16.0 Å². The summed E-state index contributed by atoms with van der Waals surface area (Å²) in [7, 11) is 4.08. The minimum Gasteiger partial charge on any atom is -0.399 e. The van der Waals surface area contributed by atoms with Gasteiger partial charge in [-0.15, -0.1) is 0 Å². The SMILES string of the molecule is CN(C)c1ccc(CCCC2C(=O)Nc3ccc(N)cc32)cc1. The quantitative estimate of drug-likeness (QED) is 0.832. The van der Waals surface area contributed by atoms with Crippen LogP contribution in [0.25, 0.3) is 0 Å². The lowest BCUT2D eigenvalue weighted by Gasteiger charge is -2.13. The van der Waals surface area contributed by atoms with Crippen LogP contribution in [0.2, 0.25) is 0 Å². The Morgan fingerprint density at radius 2 is 1.87 bits per heavy atom. The molecule has 1 heterocycles. The zero-order valence-corrected chi connectivity index (χ0v) is 13.7. The fraction of sp³-hybridized carbons (Fsp3) is 0.316. The summed E-state index contributed by atoms with van der Waals surface area (Å²) < 4.78 is 0. The molecule has 0 aromatic heterocycles. The lowest BCUT2D eigenvalue weighted by Crippen LogP contribution is -2.12. The van der Waals surface area contributed by atoms with Crippen LogP contribution in [0, 0.1) is 0 Å².